The summed E-state index contributed by atoms with van der Waals surface area (Å²) in [6.07, 6.45) is 1.48. The number of hydrogen-bond acceptors (Lipinski definition) is 7. The second kappa shape index (κ2) is 6.73. The van der Waals surface area contributed by atoms with Crippen LogP contribution in [0.4, 0.5) is 11.5 Å². The van der Waals surface area contributed by atoms with Gasteiger partial charge < -0.3 is 0 Å². The highest BCUT2D eigenvalue weighted by molar-refractivity contribution is 7.18. The highest BCUT2D eigenvalue weighted by atomic mass is 35.5. The maximum Gasteiger partial charge on any atom is 0.288 e. The third-order valence-electron chi connectivity index (χ3n) is 3.86. The zero-order valence-corrected chi connectivity index (χ0v) is 15.3. The molecule has 2 aromatic heterocycles. The molecule has 0 bridgehead atoms. The van der Waals surface area contributed by atoms with E-state index in [9.17, 15) is 10.1 Å². The molecule has 0 spiro atoms. The minimum Gasteiger partial charge on any atom is -0.260 e. The summed E-state index contributed by atoms with van der Waals surface area (Å²) >= 11 is 7.44. The second-order valence-corrected chi connectivity index (χ2v) is 7.03. The van der Waals surface area contributed by atoms with E-state index in [0.717, 1.165) is 15.8 Å². The van der Waals surface area contributed by atoms with E-state index in [-0.39, 0.29) is 10.7 Å². The molecule has 2 heterocycles. The van der Waals surface area contributed by atoms with Crippen LogP contribution in [0.1, 0.15) is 22.9 Å². The summed E-state index contributed by atoms with van der Waals surface area (Å²) in [5.74, 6) is 0.606. The number of fused-ring (bicyclic) bond motifs is 1. The zero-order chi connectivity index (χ0) is 18.1. The summed E-state index contributed by atoms with van der Waals surface area (Å²) < 4.78 is 0. The Labute approximate surface area is 152 Å². The van der Waals surface area contributed by atoms with Crippen molar-refractivity contribution in [2.75, 3.05) is 5.43 Å². The molecule has 3 aromatic rings. The molecular formula is C16H14ClN5O2S. The highest BCUT2D eigenvalue weighted by Crippen LogP contribution is 2.32. The number of thiophene rings is 1. The second-order valence-electron chi connectivity index (χ2n) is 5.42. The van der Waals surface area contributed by atoms with Gasteiger partial charge in [-0.15, -0.1) is 11.3 Å². The molecular weight excluding hydrogens is 362 g/mol. The van der Waals surface area contributed by atoms with Crippen LogP contribution in [0.3, 0.4) is 0 Å². The normalized spacial score (nSPS) is 11.8. The highest BCUT2D eigenvalue weighted by Gasteiger charge is 2.14. The van der Waals surface area contributed by atoms with Crippen molar-refractivity contribution in [3.8, 4) is 0 Å². The molecule has 128 valence electrons. The molecule has 0 radical (unpaired) electrons. The molecule has 25 heavy (non-hydrogen) atoms. The fourth-order valence-electron chi connectivity index (χ4n) is 2.35. The van der Waals surface area contributed by atoms with Crippen molar-refractivity contribution < 1.29 is 4.92 Å². The van der Waals surface area contributed by atoms with Crippen molar-refractivity contribution in [1.82, 2.24) is 9.97 Å². The third kappa shape index (κ3) is 3.31. The van der Waals surface area contributed by atoms with E-state index in [2.05, 4.69) is 20.5 Å². The molecule has 0 amide bonds. The van der Waals surface area contributed by atoms with Crippen molar-refractivity contribution in [1.29, 1.82) is 0 Å². The standard InChI is InChI=1S/C16H14ClN5O2S/c1-8-10(3)25-16-14(8)15(18-7-19-16)21-20-9(2)11-4-5-12(17)13(6-11)22(23)24/h4-7H,1-3H3,(H,18,19,21)/b20-9+. The van der Waals surface area contributed by atoms with Gasteiger partial charge in [-0.2, -0.15) is 5.10 Å². The Morgan fingerprint density at radius 3 is 2.84 bits per heavy atom. The number of benzene rings is 1. The molecule has 0 atom stereocenters. The summed E-state index contributed by atoms with van der Waals surface area (Å²) in [6, 6.07) is 4.58. The Morgan fingerprint density at radius 1 is 1.36 bits per heavy atom. The first-order chi connectivity index (χ1) is 11.9. The van der Waals surface area contributed by atoms with Crippen molar-refractivity contribution in [3.05, 3.63) is 55.7 Å². The minimum atomic E-state index is -0.516. The molecule has 0 aliphatic heterocycles. The van der Waals surface area contributed by atoms with Crippen molar-refractivity contribution in [3.63, 3.8) is 0 Å². The van der Waals surface area contributed by atoms with Gasteiger partial charge in [-0.3, -0.25) is 15.5 Å². The fraction of sp³-hybridized carbons (Fsp3) is 0.188. The average molecular weight is 376 g/mol. The summed E-state index contributed by atoms with van der Waals surface area (Å²) in [6.45, 7) is 5.80. The molecule has 3 rings (SSSR count). The number of nitro groups is 1. The molecule has 0 aliphatic rings. The van der Waals surface area contributed by atoms with Gasteiger partial charge in [0, 0.05) is 16.5 Å². The lowest BCUT2D eigenvalue weighted by atomic mass is 10.1. The Morgan fingerprint density at radius 2 is 2.12 bits per heavy atom. The van der Waals surface area contributed by atoms with Crippen LogP contribution in [0.25, 0.3) is 10.2 Å². The summed E-state index contributed by atoms with van der Waals surface area (Å²) in [5.41, 5.74) is 5.09. The van der Waals surface area contributed by atoms with Crippen LogP contribution in [-0.2, 0) is 0 Å². The van der Waals surface area contributed by atoms with Crippen LogP contribution in [0.2, 0.25) is 5.02 Å². The number of aryl methyl sites for hydroxylation is 2. The minimum absolute atomic E-state index is 0.0939. The van der Waals surface area contributed by atoms with Gasteiger partial charge in [-0.05, 0) is 32.4 Å². The van der Waals surface area contributed by atoms with Gasteiger partial charge in [0.2, 0.25) is 0 Å². The van der Waals surface area contributed by atoms with Gasteiger partial charge in [0.1, 0.15) is 16.2 Å². The zero-order valence-electron chi connectivity index (χ0n) is 13.7. The molecule has 0 unspecified atom stereocenters. The molecule has 1 N–H and O–H groups in total. The van der Waals surface area contributed by atoms with E-state index >= 15 is 0 Å². The number of halogens is 1. The predicted molar refractivity (Wildman–Crippen MR) is 101 cm³/mol. The van der Waals surface area contributed by atoms with Gasteiger partial charge in [-0.1, -0.05) is 17.7 Å². The van der Waals surface area contributed by atoms with Gasteiger partial charge in [0.15, 0.2) is 5.82 Å². The van der Waals surface area contributed by atoms with E-state index in [1.165, 1.54) is 23.3 Å². The molecule has 7 nitrogen and oxygen atoms in total. The van der Waals surface area contributed by atoms with Crippen LogP contribution in [0.15, 0.2) is 29.6 Å². The number of hydrogen-bond donors (Lipinski definition) is 1. The number of nitro benzene ring substituents is 1. The fourth-order valence-corrected chi connectivity index (χ4v) is 3.53. The van der Waals surface area contributed by atoms with Crippen LogP contribution >= 0.6 is 22.9 Å². The van der Waals surface area contributed by atoms with E-state index in [1.54, 1.807) is 24.3 Å². The van der Waals surface area contributed by atoms with E-state index < -0.39 is 4.92 Å². The van der Waals surface area contributed by atoms with E-state index in [4.69, 9.17) is 11.6 Å². The van der Waals surface area contributed by atoms with Crippen molar-refractivity contribution in [2.45, 2.75) is 20.8 Å². The lowest BCUT2D eigenvalue weighted by Gasteiger charge is -2.05. The SMILES string of the molecule is C/C(=N\Nc1ncnc2sc(C)c(C)c12)c1ccc(Cl)c([N+](=O)[O-])c1. The van der Waals surface area contributed by atoms with Crippen LogP contribution < -0.4 is 5.43 Å². The summed E-state index contributed by atoms with van der Waals surface area (Å²) in [7, 11) is 0. The van der Waals surface area contributed by atoms with Gasteiger partial charge in [0.05, 0.1) is 16.0 Å². The lowest BCUT2D eigenvalue weighted by Crippen LogP contribution is -2.02. The Kier molecular flexibility index (Phi) is 4.65. The third-order valence-corrected chi connectivity index (χ3v) is 5.29. The van der Waals surface area contributed by atoms with Crippen molar-refractivity contribution in [2.24, 2.45) is 5.10 Å². The van der Waals surface area contributed by atoms with Crippen LogP contribution in [0.5, 0.6) is 0 Å². The maximum atomic E-state index is 11.0. The quantitative estimate of drug-likeness (QED) is 0.405. The van der Waals surface area contributed by atoms with Crippen molar-refractivity contribution >= 4 is 50.4 Å². The number of nitrogens with zero attached hydrogens (tertiary/aromatic N) is 4. The first-order valence-electron chi connectivity index (χ1n) is 7.33. The molecule has 0 saturated carbocycles. The summed E-state index contributed by atoms with van der Waals surface area (Å²) in [4.78, 5) is 21.1. The number of hydrazone groups is 1. The number of rotatable bonds is 4. The van der Waals surface area contributed by atoms with E-state index in [1.807, 2.05) is 13.8 Å². The predicted octanol–water partition coefficient (Wildman–Crippen LogP) is 4.71. The van der Waals surface area contributed by atoms with Gasteiger partial charge in [-0.25, -0.2) is 9.97 Å². The summed E-state index contributed by atoms with van der Waals surface area (Å²) in [5, 5.41) is 16.4. The Bertz CT molecular complexity index is 1020. The first kappa shape index (κ1) is 17.2. The first-order valence-corrected chi connectivity index (χ1v) is 8.53. The maximum absolute atomic E-state index is 11.0. The smallest absolute Gasteiger partial charge is 0.260 e. The molecule has 0 fully saturated rings. The Hall–Kier alpha value is -2.58. The average Bonchev–Trinajstić information content (AvgIpc) is 2.88. The molecule has 1 aromatic carbocycles. The van der Waals surface area contributed by atoms with Gasteiger partial charge >= 0.3 is 0 Å². The van der Waals surface area contributed by atoms with Gasteiger partial charge in [0.25, 0.3) is 5.69 Å². The van der Waals surface area contributed by atoms with E-state index in [0.29, 0.717) is 17.1 Å². The number of nitrogens with one attached hydrogen (secondary N) is 1. The topological polar surface area (TPSA) is 93.3 Å². The molecule has 9 heteroatoms. The molecule has 0 aliphatic carbocycles. The monoisotopic (exact) mass is 375 g/mol. The van der Waals surface area contributed by atoms with Crippen LogP contribution in [0, 0.1) is 24.0 Å². The molecule has 0 saturated heterocycles. The lowest BCUT2D eigenvalue weighted by molar-refractivity contribution is -0.384. The number of anilines is 1. The Balaban J connectivity index is 1.95. The number of aromatic nitrogens is 2. The van der Waals surface area contributed by atoms with Crippen LogP contribution in [-0.4, -0.2) is 20.6 Å². The largest absolute Gasteiger partial charge is 0.288 e.